The number of ether oxygens (including phenoxy) is 1. The van der Waals surface area contributed by atoms with Crippen LogP contribution in [-0.4, -0.2) is 43.9 Å². The average molecular weight is 495 g/mol. The van der Waals surface area contributed by atoms with E-state index in [0.29, 0.717) is 15.9 Å². The molecular weight excluding hydrogens is 480 g/mol. The SMILES string of the molecule is CS(=O)(=O)c1nc2ccc(NCOc3cc(OS(=O)O)cc(OS(=O)O)c3)cc2s1. The lowest BCUT2D eigenvalue weighted by Crippen LogP contribution is -2.09. The first-order valence-corrected chi connectivity index (χ1v) is 12.6. The molecule has 162 valence electrons. The molecule has 1 aromatic heterocycles. The summed E-state index contributed by atoms with van der Waals surface area (Å²) in [7, 11) is -3.40. The monoisotopic (exact) mass is 494 g/mol. The van der Waals surface area contributed by atoms with Crippen molar-refractivity contribution in [3.8, 4) is 17.2 Å². The Balaban J connectivity index is 1.72. The van der Waals surface area contributed by atoms with Gasteiger partial charge in [-0.15, -0.1) is 11.3 Å². The fraction of sp³-hybridized carbons (Fsp3) is 0.133. The number of thiazole rings is 1. The van der Waals surface area contributed by atoms with Crippen molar-refractivity contribution in [3.63, 3.8) is 0 Å². The fourth-order valence-corrected chi connectivity index (χ4v) is 4.66. The molecule has 0 fully saturated rings. The van der Waals surface area contributed by atoms with Gasteiger partial charge in [-0.05, 0) is 18.2 Å². The van der Waals surface area contributed by atoms with Crippen molar-refractivity contribution in [2.24, 2.45) is 0 Å². The third-order valence-corrected chi connectivity index (χ3v) is 6.76. The summed E-state index contributed by atoms with van der Waals surface area (Å²) in [4.78, 5) is 4.07. The third-order valence-electron chi connectivity index (χ3n) is 3.39. The van der Waals surface area contributed by atoms with Crippen molar-refractivity contribution in [2.75, 3.05) is 18.3 Å². The van der Waals surface area contributed by atoms with Crippen LogP contribution in [0.5, 0.6) is 17.2 Å². The van der Waals surface area contributed by atoms with E-state index in [1.54, 1.807) is 18.2 Å². The number of sulfone groups is 1. The summed E-state index contributed by atoms with van der Waals surface area (Å²) in [5.41, 5.74) is 1.18. The maximum atomic E-state index is 11.6. The van der Waals surface area contributed by atoms with E-state index in [9.17, 15) is 16.8 Å². The highest BCUT2D eigenvalue weighted by Gasteiger charge is 2.14. The van der Waals surface area contributed by atoms with Crippen LogP contribution in [0.4, 0.5) is 5.69 Å². The molecule has 0 aliphatic heterocycles. The van der Waals surface area contributed by atoms with Gasteiger partial charge in [0.25, 0.3) is 0 Å². The zero-order valence-corrected chi connectivity index (χ0v) is 18.3. The molecular formula is C15H14N2O9S4. The van der Waals surface area contributed by atoms with Gasteiger partial charge in [-0.1, -0.05) is 0 Å². The Morgan fingerprint density at radius 3 is 2.20 bits per heavy atom. The third kappa shape index (κ3) is 6.10. The van der Waals surface area contributed by atoms with Gasteiger partial charge in [0, 0.05) is 30.1 Å². The Morgan fingerprint density at radius 2 is 1.63 bits per heavy atom. The van der Waals surface area contributed by atoms with Gasteiger partial charge >= 0.3 is 22.7 Å². The Kier molecular flexibility index (Phi) is 6.89. The molecule has 0 saturated carbocycles. The highest BCUT2D eigenvalue weighted by molar-refractivity contribution is 7.92. The predicted molar refractivity (Wildman–Crippen MR) is 111 cm³/mol. The minimum absolute atomic E-state index is 0.0257. The maximum Gasteiger partial charge on any atom is 0.357 e. The molecule has 15 heteroatoms. The quantitative estimate of drug-likeness (QED) is 0.295. The molecule has 0 bridgehead atoms. The van der Waals surface area contributed by atoms with E-state index < -0.39 is 32.6 Å². The summed E-state index contributed by atoms with van der Waals surface area (Å²) in [5, 5.41) is 2.96. The van der Waals surface area contributed by atoms with E-state index in [1.165, 1.54) is 12.1 Å². The zero-order valence-electron chi connectivity index (χ0n) is 15.0. The summed E-state index contributed by atoms with van der Waals surface area (Å²) in [5.74, 6) is -0.106. The van der Waals surface area contributed by atoms with Gasteiger partial charge in [-0.25, -0.2) is 13.4 Å². The summed E-state index contributed by atoms with van der Waals surface area (Å²) in [6, 6.07) is 8.77. The molecule has 3 N–H and O–H groups in total. The molecule has 0 saturated heterocycles. The number of nitrogens with one attached hydrogen (secondary N) is 1. The zero-order chi connectivity index (χ0) is 21.9. The van der Waals surface area contributed by atoms with E-state index in [1.807, 2.05) is 0 Å². The molecule has 0 radical (unpaired) electrons. The Morgan fingerprint density at radius 1 is 1.03 bits per heavy atom. The average Bonchev–Trinajstić information content (AvgIpc) is 3.04. The van der Waals surface area contributed by atoms with Crippen molar-refractivity contribution in [1.29, 1.82) is 0 Å². The number of rotatable bonds is 9. The number of aromatic nitrogens is 1. The van der Waals surface area contributed by atoms with Crippen LogP contribution in [0.2, 0.25) is 0 Å². The second-order valence-electron chi connectivity index (χ2n) is 5.64. The minimum atomic E-state index is -3.40. The van der Waals surface area contributed by atoms with E-state index in [-0.39, 0.29) is 28.3 Å². The molecule has 30 heavy (non-hydrogen) atoms. The highest BCUT2D eigenvalue weighted by Crippen LogP contribution is 2.30. The van der Waals surface area contributed by atoms with Crippen LogP contribution in [0.25, 0.3) is 10.2 Å². The molecule has 0 amide bonds. The van der Waals surface area contributed by atoms with E-state index in [2.05, 4.69) is 18.7 Å². The summed E-state index contributed by atoms with van der Waals surface area (Å²) in [6.45, 7) is -0.0590. The van der Waals surface area contributed by atoms with Gasteiger partial charge in [-0.2, -0.15) is 8.42 Å². The Labute approximate surface area is 179 Å². The van der Waals surface area contributed by atoms with Crippen molar-refractivity contribution >= 4 is 59.8 Å². The summed E-state index contributed by atoms with van der Waals surface area (Å²) < 4.78 is 78.0. The molecule has 2 atom stereocenters. The van der Waals surface area contributed by atoms with Crippen LogP contribution in [0.3, 0.4) is 0 Å². The lowest BCUT2D eigenvalue weighted by atomic mass is 10.3. The lowest BCUT2D eigenvalue weighted by molar-refractivity contribution is 0.343. The normalized spacial score (nSPS) is 13.6. The van der Waals surface area contributed by atoms with E-state index in [4.69, 9.17) is 13.8 Å². The van der Waals surface area contributed by atoms with Crippen LogP contribution >= 0.6 is 11.3 Å². The number of nitrogens with zero attached hydrogens (tertiary/aromatic N) is 1. The van der Waals surface area contributed by atoms with E-state index in [0.717, 1.165) is 23.7 Å². The number of benzene rings is 2. The second kappa shape index (κ2) is 9.23. The topological polar surface area (TPSA) is 161 Å². The molecule has 11 nitrogen and oxygen atoms in total. The first-order chi connectivity index (χ1) is 14.1. The largest absolute Gasteiger partial charge is 0.473 e. The van der Waals surface area contributed by atoms with Crippen molar-refractivity contribution < 1.29 is 39.0 Å². The van der Waals surface area contributed by atoms with Gasteiger partial charge < -0.3 is 18.4 Å². The molecule has 2 aromatic carbocycles. The van der Waals surface area contributed by atoms with Crippen LogP contribution in [-0.2, 0) is 32.6 Å². The fourth-order valence-electron chi connectivity index (χ4n) is 2.26. The van der Waals surface area contributed by atoms with Gasteiger partial charge in [0.05, 0.1) is 10.2 Å². The predicted octanol–water partition coefficient (Wildman–Crippen LogP) is 2.18. The molecule has 3 rings (SSSR count). The number of hydrogen-bond donors (Lipinski definition) is 3. The van der Waals surface area contributed by atoms with Gasteiger partial charge in [0.15, 0.2) is 6.73 Å². The molecule has 0 aliphatic rings. The minimum Gasteiger partial charge on any atom is -0.473 e. The first kappa shape index (κ1) is 22.4. The van der Waals surface area contributed by atoms with Crippen LogP contribution in [0, 0.1) is 0 Å². The van der Waals surface area contributed by atoms with Crippen molar-refractivity contribution in [2.45, 2.75) is 4.34 Å². The smallest absolute Gasteiger partial charge is 0.357 e. The standard InChI is InChI=1S/C15H14N2O9S4/c1-30(22,23)15-17-13-3-2-9(4-14(13)27-15)16-8-24-10-5-11(25-28(18)19)7-12(6-10)26-29(20)21/h2-7,16H,8H2,1H3,(H,18,19)(H,20,21). The molecule has 0 spiro atoms. The van der Waals surface area contributed by atoms with Crippen LogP contribution < -0.4 is 18.4 Å². The summed E-state index contributed by atoms with van der Waals surface area (Å²) in [6.07, 6.45) is 1.09. The molecule has 1 heterocycles. The number of hydrogen-bond acceptors (Lipinski definition) is 10. The molecule has 3 aromatic rings. The van der Waals surface area contributed by atoms with Gasteiger partial charge in [0.1, 0.15) is 17.2 Å². The van der Waals surface area contributed by atoms with E-state index >= 15 is 0 Å². The summed E-state index contributed by atoms with van der Waals surface area (Å²) >= 11 is -4.18. The Bertz CT molecular complexity index is 1190. The Hall–Kier alpha value is -2.30. The van der Waals surface area contributed by atoms with Crippen molar-refractivity contribution in [3.05, 3.63) is 36.4 Å². The van der Waals surface area contributed by atoms with Gasteiger partial charge in [-0.3, -0.25) is 9.11 Å². The highest BCUT2D eigenvalue weighted by atomic mass is 32.2. The number of fused-ring (bicyclic) bond motifs is 1. The number of anilines is 1. The lowest BCUT2D eigenvalue weighted by Gasteiger charge is -2.11. The maximum absolute atomic E-state index is 11.6. The van der Waals surface area contributed by atoms with Crippen LogP contribution in [0.15, 0.2) is 40.7 Å². The molecule has 0 aliphatic carbocycles. The van der Waals surface area contributed by atoms with Crippen molar-refractivity contribution in [1.82, 2.24) is 4.98 Å². The second-order valence-corrected chi connectivity index (χ2v) is 10.1. The van der Waals surface area contributed by atoms with Crippen LogP contribution in [0.1, 0.15) is 0 Å². The first-order valence-electron chi connectivity index (χ1n) is 7.81. The molecule has 2 unspecified atom stereocenters. The van der Waals surface area contributed by atoms with Gasteiger partial charge in [0.2, 0.25) is 14.2 Å².